The average molecular weight is 212 g/mol. The summed E-state index contributed by atoms with van der Waals surface area (Å²) >= 11 is 0. The fraction of sp³-hybridized carbons (Fsp3) is 0.875. The predicted octanol–water partition coefficient (Wildman–Crippen LogP) is 1.99. The van der Waals surface area contributed by atoms with Crippen molar-refractivity contribution in [2.24, 2.45) is 0 Å². The highest BCUT2D eigenvalue weighted by Gasteiger charge is 2.28. The number of hydrogen-bond acceptors (Lipinski definition) is 1. The van der Waals surface area contributed by atoms with Crippen LogP contribution in [0.15, 0.2) is 0 Å². The van der Waals surface area contributed by atoms with E-state index in [0.29, 0.717) is 0 Å². The second-order valence-electron chi connectivity index (χ2n) is 3.39. The molecule has 0 aromatic rings. The third-order valence-electron chi connectivity index (χ3n) is 1.49. The van der Waals surface area contributed by atoms with Crippen LogP contribution in [-0.4, -0.2) is 36.7 Å². The topological polar surface area (TPSA) is 32.3 Å². The molecule has 6 heteroatoms. The number of rotatable bonds is 3. The number of carbonyl (C=O) groups is 1. The van der Waals surface area contributed by atoms with E-state index in [2.05, 4.69) is 5.32 Å². The van der Waals surface area contributed by atoms with Gasteiger partial charge in [-0.25, -0.2) is 4.79 Å². The first-order valence-electron chi connectivity index (χ1n) is 4.31. The summed E-state index contributed by atoms with van der Waals surface area (Å²) in [6.45, 7) is 3.17. The molecule has 0 aliphatic rings. The van der Waals surface area contributed by atoms with Crippen molar-refractivity contribution < 1.29 is 18.0 Å². The lowest BCUT2D eigenvalue weighted by molar-refractivity contribution is -0.136. The lowest BCUT2D eigenvalue weighted by Gasteiger charge is -2.20. The molecule has 0 bridgehead atoms. The van der Waals surface area contributed by atoms with Crippen LogP contribution < -0.4 is 5.32 Å². The first-order chi connectivity index (χ1) is 6.22. The second-order valence-corrected chi connectivity index (χ2v) is 3.39. The molecular formula is C8H15F3N2O. The van der Waals surface area contributed by atoms with Crippen LogP contribution in [0.2, 0.25) is 0 Å². The minimum atomic E-state index is -4.22. The van der Waals surface area contributed by atoms with Crippen molar-refractivity contribution in [3.8, 4) is 0 Å². The third-order valence-corrected chi connectivity index (χ3v) is 1.49. The fourth-order valence-electron chi connectivity index (χ4n) is 0.753. The fourth-order valence-corrected chi connectivity index (χ4v) is 0.753. The van der Waals surface area contributed by atoms with E-state index in [1.54, 1.807) is 13.8 Å². The van der Waals surface area contributed by atoms with Crippen LogP contribution >= 0.6 is 0 Å². The van der Waals surface area contributed by atoms with Crippen molar-refractivity contribution in [2.45, 2.75) is 32.5 Å². The minimum absolute atomic E-state index is 0.0733. The smallest absolute Gasteiger partial charge is 0.336 e. The molecule has 0 aliphatic heterocycles. The summed E-state index contributed by atoms with van der Waals surface area (Å²) in [5.41, 5.74) is 0. The Morgan fingerprint density at radius 1 is 1.43 bits per heavy atom. The van der Waals surface area contributed by atoms with Gasteiger partial charge in [0.1, 0.15) is 0 Å². The number of carbonyl (C=O) groups excluding carboxylic acids is 1. The Bertz CT molecular complexity index is 192. The Labute approximate surface area is 81.3 Å². The molecule has 0 rings (SSSR count). The highest BCUT2D eigenvalue weighted by Crippen LogP contribution is 2.19. The largest absolute Gasteiger partial charge is 0.390 e. The van der Waals surface area contributed by atoms with Crippen LogP contribution in [0.1, 0.15) is 20.3 Å². The number of amides is 2. The van der Waals surface area contributed by atoms with Crippen molar-refractivity contribution >= 4 is 6.03 Å². The SMILES string of the molecule is CC(C)NC(=O)N(C)CCC(F)(F)F. The zero-order valence-corrected chi connectivity index (χ0v) is 8.48. The van der Waals surface area contributed by atoms with Crippen molar-refractivity contribution in [3.63, 3.8) is 0 Å². The Morgan fingerprint density at radius 3 is 2.29 bits per heavy atom. The number of halogens is 3. The summed E-state index contributed by atoms with van der Waals surface area (Å²) in [5, 5.41) is 2.50. The summed E-state index contributed by atoms with van der Waals surface area (Å²) in [6, 6.07) is -0.555. The average Bonchev–Trinajstić information content (AvgIpc) is 1.97. The molecular weight excluding hydrogens is 197 g/mol. The summed E-state index contributed by atoms with van der Waals surface area (Å²) in [7, 11) is 1.34. The number of nitrogens with zero attached hydrogens (tertiary/aromatic N) is 1. The molecule has 0 unspecified atom stereocenters. The van der Waals surface area contributed by atoms with Crippen molar-refractivity contribution in [1.29, 1.82) is 0 Å². The number of urea groups is 1. The summed E-state index contributed by atoms with van der Waals surface area (Å²) in [6.07, 6.45) is -5.19. The molecule has 1 N–H and O–H groups in total. The maximum absolute atomic E-state index is 11.8. The molecule has 2 amide bonds. The number of alkyl halides is 3. The van der Waals surface area contributed by atoms with Gasteiger partial charge in [0.15, 0.2) is 0 Å². The van der Waals surface area contributed by atoms with Gasteiger partial charge in [0.25, 0.3) is 0 Å². The monoisotopic (exact) mass is 212 g/mol. The van der Waals surface area contributed by atoms with Gasteiger partial charge in [-0.15, -0.1) is 0 Å². The van der Waals surface area contributed by atoms with Crippen molar-refractivity contribution in [3.05, 3.63) is 0 Å². The van der Waals surface area contributed by atoms with E-state index < -0.39 is 18.6 Å². The third kappa shape index (κ3) is 6.56. The van der Waals surface area contributed by atoms with Gasteiger partial charge < -0.3 is 10.2 Å². The van der Waals surface area contributed by atoms with E-state index in [0.717, 1.165) is 4.90 Å². The van der Waals surface area contributed by atoms with E-state index in [4.69, 9.17) is 0 Å². The van der Waals surface area contributed by atoms with E-state index in [1.165, 1.54) is 7.05 Å². The number of nitrogens with one attached hydrogen (secondary N) is 1. The van der Waals surface area contributed by atoms with E-state index in [9.17, 15) is 18.0 Å². The summed E-state index contributed by atoms with van der Waals surface area (Å²) in [4.78, 5) is 12.1. The summed E-state index contributed by atoms with van der Waals surface area (Å²) in [5.74, 6) is 0. The van der Waals surface area contributed by atoms with Gasteiger partial charge in [-0.2, -0.15) is 13.2 Å². The molecule has 84 valence electrons. The quantitative estimate of drug-likeness (QED) is 0.762. The van der Waals surface area contributed by atoms with Crippen molar-refractivity contribution in [1.82, 2.24) is 10.2 Å². The van der Waals surface area contributed by atoms with E-state index in [-0.39, 0.29) is 12.6 Å². The molecule has 0 heterocycles. The molecule has 14 heavy (non-hydrogen) atoms. The number of hydrogen-bond donors (Lipinski definition) is 1. The Kier molecular flexibility index (Phi) is 4.73. The molecule has 3 nitrogen and oxygen atoms in total. The summed E-state index contributed by atoms with van der Waals surface area (Å²) < 4.78 is 35.4. The highest BCUT2D eigenvalue weighted by atomic mass is 19.4. The molecule has 0 saturated carbocycles. The van der Waals surface area contributed by atoms with Crippen molar-refractivity contribution in [2.75, 3.05) is 13.6 Å². The molecule has 0 aromatic carbocycles. The van der Waals surface area contributed by atoms with E-state index >= 15 is 0 Å². The van der Waals surface area contributed by atoms with Crippen LogP contribution in [0, 0.1) is 0 Å². The maximum atomic E-state index is 11.8. The van der Waals surface area contributed by atoms with Gasteiger partial charge >= 0.3 is 12.2 Å². The lowest BCUT2D eigenvalue weighted by atomic mass is 10.4. The Hall–Kier alpha value is -0.940. The standard InChI is InChI=1S/C8H15F3N2O/c1-6(2)12-7(14)13(3)5-4-8(9,10)11/h6H,4-5H2,1-3H3,(H,12,14). The van der Waals surface area contributed by atoms with Crippen LogP contribution in [-0.2, 0) is 0 Å². The highest BCUT2D eigenvalue weighted by molar-refractivity contribution is 5.74. The minimum Gasteiger partial charge on any atom is -0.336 e. The first kappa shape index (κ1) is 13.1. The molecule has 0 fully saturated rings. The van der Waals surface area contributed by atoms with Gasteiger partial charge in [-0.1, -0.05) is 0 Å². The van der Waals surface area contributed by atoms with Gasteiger partial charge in [-0.05, 0) is 13.8 Å². The van der Waals surface area contributed by atoms with Gasteiger partial charge in [0, 0.05) is 19.6 Å². The maximum Gasteiger partial charge on any atom is 0.390 e. The molecule has 0 atom stereocenters. The molecule has 0 aliphatic carbocycles. The normalized spacial score (nSPS) is 11.6. The van der Waals surface area contributed by atoms with E-state index in [1.807, 2.05) is 0 Å². The first-order valence-corrected chi connectivity index (χ1v) is 4.31. The van der Waals surface area contributed by atoms with Gasteiger partial charge in [0.2, 0.25) is 0 Å². The van der Waals surface area contributed by atoms with Crippen LogP contribution in [0.25, 0.3) is 0 Å². The zero-order chi connectivity index (χ0) is 11.4. The lowest BCUT2D eigenvalue weighted by Crippen LogP contribution is -2.41. The predicted molar refractivity (Wildman–Crippen MR) is 47.0 cm³/mol. The Morgan fingerprint density at radius 2 is 1.93 bits per heavy atom. The van der Waals surface area contributed by atoms with Gasteiger partial charge in [-0.3, -0.25) is 0 Å². The molecule has 0 aromatic heterocycles. The Balaban J connectivity index is 3.85. The molecule has 0 spiro atoms. The van der Waals surface area contributed by atoms with Gasteiger partial charge in [0.05, 0.1) is 6.42 Å². The second kappa shape index (κ2) is 5.07. The zero-order valence-electron chi connectivity index (χ0n) is 8.48. The molecule has 0 radical (unpaired) electrons. The van der Waals surface area contributed by atoms with Crippen LogP contribution in [0.5, 0.6) is 0 Å². The van der Waals surface area contributed by atoms with Crippen LogP contribution in [0.4, 0.5) is 18.0 Å². The molecule has 0 saturated heterocycles. The van der Waals surface area contributed by atoms with Crippen LogP contribution in [0.3, 0.4) is 0 Å².